The first-order valence-corrected chi connectivity index (χ1v) is 6.07. The number of rotatable bonds is 6. The largest absolute Gasteiger partial charge is 0.351 e. The van der Waals surface area contributed by atoms with Gasteiger partial charge in [0, 0.05) is 12.1 Å². The highest BCUT2D eigenvalue weighted by molar-refractivity contribution is 5.83. The lowest BCUT2D eigenvalue weighted by molar-refractivity contribution is -0.128. The molecule has 1 atom stereocenters. The molecule has 0 bridgehead atoms. The Hall–Kier alpha value is -1.36. The Bertz CT molecular complexity index is 308. The third kappa shape index (κ3) is 7.06. The molecule has 0 saturated carbocycles. The van der Waals surface area contributed by atoms with Gasteiger partial charge in [-0.2, -0.15) is 0 Å². The van der Waals surface area contributed by atoms with Gasteiger partial charge in [0.1, 0.15) is 0 Å². The molecule has 0 aromatic heterocycles. The SMILES string of the molecule is C=CCNC(=O)C(C)N(C)CC(=O)NC(C)(C)C. The summed E-state index contributed by atoms with van der Waals surface area (Å²) in [6.45, 7) is 11.7. The van der Waals surface area contributed by atoms with E-state index in [1.807, 2.05) is 20.8 Å². The Morgan fingerprint density at radius 2 is 1.94 bits per heavy atom. The number of carbonyl (C=O) groups is 2. The zero-order chi connectivity index (χ0) is 14.3. The van der Waals surface area contributed by atoms with Crippen molar-refractivity contribution in [2.75, 3.05) is 20.1 Å². The molecule has 0 aliphatic rings. The fourth-order valence-electron chi connectivity index (χ4n) is 1.34. The van der Waals surface area contributed by atoms with Gasteiger partial charge in [-0.05, 0) is 34.7 Å². The normalized spacial score (nSPS) is 13.0. The van der Waals surface area contributed by atoms with Crippen LogP contribution in [0.1, 0.15) is 27.7 Å². The molecule has 0 rings (SSSR count). The second kappa shape index (κ2) is 7.16. The van der Waals surface area contributed by atoms with Crippen LogP contribution < -0.4 is 10.6 Å². The lowest BCUT2D eigenvalue weighted by Crippen LogP contribution is -2.50. The summed E-state index contributed by atoms with van der Waals surface area (Å²) in [6.07, 6.45) is 1.62. The molecule has 0 radical (unpaired) electrons. The fraction of sp³-hybridized carbons (Fsp3) is 0.692. The molecule has 18 heavy (non-hydrogen) atoms. The van der Waals surface area contributed by atoms with Crippen molar-refractivity contribution in [2.45, 2.75) is 39.3 Å². The molecule has 0 aromatic rings. The molecule has 0 fully saturated rings. The van der Waals surface area contributed by atoms with Crippen LogP contribution in [-0.2, 0) is 9.59 Å². The van der Waals surface area contributed by atoms with Crippen molar-refractivity contribution >= 4 is 11.8 Å². The fourth-order valence-corrected chi connectivity index (χ4v) is 1.34. The number of carbonyl (C=O) groups excluding carboxylic acids is 2. The maximum atomic E-state index is 11.7. The number of likely N-dealkylation sites (N-methyl/N-ethyl adjacent to an activating group) is 1. The average molecular weight is 255 g/mol. The summed E-state index contributed by atoms with van der Waals surface area (Å²) < 4.78 is 0. The lowest BCUT2D eigenvalue weighted by Gasteiger charge is -2.26. The van der Waals surface area contributed by atoms with E-state index in [4.69, 9.17) is 0 Å². The van der Waals surface area contributed by atoms with Crippen LogP contribution in [-0.4, -0.2) is 48.4 Å². The molecule has 0 aliphatic carbocycles. The molecule has 104 valence electrons. The van der Waals surface area contributed by atoms with E-state index in [2.05, 4.69) is 17.2 Å². The van der Waals surface area contributed by atoms with E-state index in [-0.39, 0.29) is 29.9 Å². The topological polar surface area (TPSA) is 61.4 Å². The summed E-state index contributed by atoms with van der Waals surface area (Å²) in [7, 11) is 1.75. The van der Waals surface area contributed by atoms with Crippen molar-refractivity contribution in [3.8, 4) is 0 Å². The predicted molar refractivity (Wildman–Crippen MR) is 73.2 cm³/mol. The minimum Gasteiger partial charge on any atom is -0.351 e. The van der Waals surface area contributed by atoms with Crippen LogP contribution in [0, 0.1) is 0 Å². The minimum absolute atomic E-state index is 0.0895. The molecular formula is C13H25N3O2. The van der Waals surface area contributed by atoms with Gasteiger partial charge in [0.15, 0.2) is 0 Å². The molecule has 0 saturated heterocycles. The number of hydrogen-bond donors (Lipinski definition) is 2. The number of hydrogen-bond acceptors (Lipinski definition) is 3. The molecule has 0 aliphatic heterocycles. The Labute approximate surface area is 110 Å². The van der Waals surface area contributed by atoms with Gasteiger partial charge in [0.05, 0.1) is 12.6 Å². The van der Waals surface area contributed by atoms with Gasteiger partial charge in [0.2, 0.25) is 11.8 Å². The van der Waals surface area contributed by atoms with Gasteiger partial charge in [-0.3, -0.25) is 14.5 Å². The van der Waals surface area contributed by atoms with Gasteiger partial charge in [-0.25, -0.2) is 0 Å². The smallest absolute Gasteiger partial charge is 0.237 e. The molecule has 1 unspecified atom stereocenters. The second-order valence-corrected chi connectivity index (χ2v) is 5.42. The molecule has 0 aromatic carbocycles. The van der Waals surface area contributed by atoms with Crippen LogP contribution in [0.25, 0.3) is 0 Å². The van der Waals surface area contributed by atoms with Crippen molar-refractivity contribution in [1.29, 1.82) is 0 Å². The van der Waals surface area contributed by atoms with Crippen molar-refractivity contribution in [3.05, 3.63) is 12.7 Å². The summed E-state index contributed by atoms with van der Waals surface area (Å²) in [5, 5.41) is 5.56. The Morgan fingerprint density at radius 3 is 2.39 bits per heavy atom. The molecule has 5 heteroatoms. The number of amides is 2. The van der Waals surface area contributed by atoms with Crippen LogP contribution in [0.3, 0.4) is 0 Å². The first-order valence-electron chi connectivity index (χ1n) is 6.07. The van der Waals surface area contributed by atoms with Gasteiger partial charge < -0.3 is 10.6 Å². The van der Waals surface area contributed by atoms with Gasteiger partial charge in [-0.15, -0.1) is 6.58 Å². The Balaban J connectivity index is 4.22. The van der Waals surface area contributed by atoms with E-state index < -0.39 is 0 Å². The summed E-state index contributed by atoms with van der Waals surface area (Å²) in [5.74, 6) is -0.200. The molecule has 2 N–H and O–H groups in total. The predicted octanol–water partition coefficient (Wildman–Crippen LogP) is 0.524. The standard InChI is InChI=1S/C13H25N3O2/c1-7-8-14-12(18)10(2)16(6)9-11(17)15-13(3,4)5/h7,10H,1,8-9H2,2-6H3,(H,14,18)(H,15,17). The van der Waals surface area contributed by atoms with E-state index in [9.17, 15) is 9.59 Å². The van der Waals surface area contributed by atoms with Crippen molar-refractivity contribution in [3.63, 3.8) is 0 Å². The van der Waals surface area contributed by atoms with Crippen LogP contribution >= 0.6 is 0 Å². The number of nitrogens with zero attached hydrogens (tertiary/aromatic N) is 1. The minimum atomic E-state index is -0.351. The van der Waals surface area contributed by atoms with Gasteiger partial charge in [0.25, 0.3) is 0 Å². The van der Waals surface area contributed by atoms with Crippen molar-refractivity contribution in [2.24, 2.45) is 0 Å². The molecule has 0 heterocycles. The third-order valence-electron chi connectivity index (χ3n) is 2.37. The summed E-state index contributed by atoms with van der Waals surface area (Å²) >= 11 is 0. The summed E-state index contributed by atoms with van der Waals surface area (Å²) in [5.41, 5.74) is -0.258. The maximum absolute atomic E-state index is 11.7. The highest BCUT2D eigenvalue weighted by atomic mass is 16.2. The molecular weight excluding hydrogens is 230 g/mol. The Morgan fingerprint density at radius 1 is 1.39 bits per heavy atom. The molecule has 2 amide bonds. The molecule has 5 nitrogen and oxygen atoms in total. The van der Waals surface area contributed by atoms with Crippen molar-refractivity contribution in [1.82, 2.24) is 15.5 Å². The highest BCUT2D eigenvalue weighted by Gasteiger charge is 2.21. The van der Waals surface area contributed by atoms with E-state index >= 15 is 0 Å². The van der Waals surface area contributed by atoms with Gasteiger partial charge in [-0.1, -0.05) is 6.08 Å². The summed E-state index contributed by atoms with van der Waals surface area (Å²) in [4.78, 5) is 25.1. The zero-order valence-electron chi connectivity index (χ0n) is 12.0. The van der Waals surface area contributed by atoms with E-state index in [1.54, 1.807) is 24.9 Å². The Kier molecular flexibility index (Phi) is 6.62. The van der Waals surface area contributed by atoms with Crippen LogP contribution in [0.15, 0.2) is 12.7 Å². The monoisotopic (exact) mass is 255 g/mol. The van der Waals surface area contributed by atoms with Crippen LogP contribution in [0.4, 0.5) is 0 Å². The quantitative estimate of drug-likeness (QED) is 0.680. The first-order chi connectivity index (χ1) is 8.17. The third-order valence-corrected chi connectivity index (χ3v) is 2.37. The maximum Gasteiger partial charge on any atom is 0.237 e. The van der Waals surface area contributed by atoms with Crippen LogP contribution in [0.2, 0.25) is 0 Å². The lowest BCUT2D eigenvalue weighted by atomic mass is 10.1. The second-order valence-electron chi connectivity index (χ2n) is 5.42. The van der Waals surface area contributed by atoms with Crippen LogP contribution in [0.5, 0.6) is 0 Å². The number of nitrogens with one attached hydrogen (secondary N) is 2. The summed E-state index contributed by atoms with van der Waals surface area (Å²) in [6, 6.07) is -0.351. The van der Waals surface area contributed by atoms with Crippen molar-refractivity contribution < 1.29 is 9.59 Å². The zero-order valence-corrected chi connectivity index (χ0v) is 12.0. The van der Waals surface area contributed by atoms with E-state index in [0.29, 0.717) is 6.54 Å². The average Bonchev–Trinajstić information content (AvgIpc) is 2.21. The van der Waals surface area contributed by atoms with E-state index in [0.717, 1.165) is 0 Å². The van der Waals surface area contributed by atoms with E-state index in [1.165, 1.54) is 0 Å². The highest BCUT2D eigenvalue weighted by Crippen LogP contribution is 2.00. The van der Waals surface area contributed by atoms with Gasteiger partial charge >= 0.3 is 0 Å². The first kappa shape index (κ1) is 16.6. The molecule has 0 spiro atoms.